The molecule has 2 heterocycles. The van der Waals surface area contributed by atoms with E-state index in [1.165, 1.54) is 9.47 Å². The third kappa shape index (κ3) is 5.17. The summed E-state index contributed by atoms with van der Waals surface area (Å²) in [7, 11) is 1.58. The van der Waals surface area contributed by atoms with Crippen LogP contribution in [0.1, 0.15) is 24.8 Å². The predicted octanol–water partition coefficient (Wildman–Crippen LogP) is 0.632. The van der Waals surface area contributed by atoms with Crippen molar-refractivity contribution in [3.05, 3.63) is 56.7 Å². The Morgan fingerprint density at radius 3 is 2.57 bits per heavy atom. The number of likely N-dealkylation sites (tertiary alicyclic amines) is 1. The highest BCUT2D eigenvalue weighted by Crippen LogP contribution is 2.19. The summed E-state index contributed by atoms with van der Waals surface area (Å²) >= 11 is 0. The Morgan fingerprint density at radius 2 is 1.90 bits per heavy atom. The van der Waals surface area contributed by atoms with Gasteiger partial charge in [0.2, 0.25) is 5.91 Å². The molecule has 2 aromatic rings. The number of aromatic amines is 1. The highest BCUT2D eigenvalue weighted by molar-refractivity contribution is 5.96. The molecule has 162 valence electrons. The van der Waals surface area contributed by atoms with Crippen molar-refractivity contribution in [1.29, 1.82) is 0 Å². The minimum Gasteiger partial charge on any atom is -0.385 e. The summed E-state index contributed by atoms with van der Waals surface area (Å²) in [5, 5.41) is 0. The molecule has 0 bridgehead atoms. The lowest BCUT2D eigenvalue weighted by Crippen LogP contribution is -2.45. The monoisotopic (exact) mass is 415 g/mol. The molecule has 1 aromatic heterocycles. The number of H-pyrrole nitrogens is 1. The van der Waals surface area contributed by atoms with Crippen molar-refractivity contribution in [3.63, 3.8) is 0 Å². The Labute approximate surface area is 175 Å². The number of nitrogens with one attached hydrogen (secondary N) is 1. The van der Waals surface area contributed by atoms with Crippen LogP contribution in [0.15, 0.2) is 39.9 Å². The van der Waals surface area contributed by atoms with E-state index in [0.29, 0.717) is 13.0 Å². The second-order valence-electron chi connectivity index (χ2n) is 7.44. The summed E-state index contributed by atoms with van der Waals surface area (Å²) in [6.07, 6.45) is 2.65. The number of benzene rings is 1. The Hall–Kier alpha value is -2.91. The van der Waals surface area contributed by atoms with Crippen molar-refractivity contribution in [2.24, 2.45) is 0 Å². The van der Waals surface area contributed by atoms with Crippen LogP contribution in [0.5, 0.6) is 0 Å². The molecule has 0 radical (unpaired) electrons. The minimum absolute atomic E-state index is 0.0141. The Kier molecular flexibility index (Phi) is 7.42. The predicted molar refractivity (Wildman–Crippen MR) is 116 cm³/mol. The van der Waals surface area contributed by atoms with Crippen LogP contribution in [0.25, 0.3) is 0 Å². The zero-order valence-electron chi connectivity index (χ0n) is 17.3. The molecule has 1 aromatic carbocycles. The summed E-state index contributed by atoms with van der Waals surface area (Å²) in [4.78, 5) is 44.0. The van der Waals surface area contributed by atoms with Crippen molar-refractivity contribution in [1.82, 2.24) is 14.5 Å². The van der Waals surface area contributed by atoms with Crippen LogP contribution >= 0.6 is 0 Å². The molecular weight excluding hydrogens is 386 g/mol. The zero-order valence-corrected chi connectivity index (χ0v) is 17.3. The van der Waals surface area contributed by atoms with E-state index >= 15 is 0 Å². The van der Waals surface area contributed by atoms with Gasteiger partial charge in [0.05, 0.1) is 13.1 Å². The second-order valence-corrected chi connectivity index (χ2v) is 7.44. The van der Waals surface area contributed by atoms with Gasteiger partial charge in [0, 0.05) is 20.3 Å². The highest BCUT2D eigenvalue weighted by atomic mass is 16.5. The largest absolute Gasteiger partial charge is 0.385 e. The van der Waals surface area contributed by atoms with Gasteiger partial charge < -0.3 is 15.4 Å². The summed E-state index contributed by atoms with van der Waals surface area (Å²) in [5.41, 5.74) is 5.91. The fraction of sp³-hybridized carbons (Fsp3) is 0.476. The molecule has 9 heteroatoms. The number of nitrogen functional groups attached to an aromatic ring is 1. The van der Waals surface area contributed by atoms with E-state index in [0.717, 1.165) is 31.5 Å². The number of rotatable bonds is 9. The van der Waals surface area contributed by atoms with E-state index in [4.69, 9.17) is 10.5 Å². The maximum atomic E-state index is 13.1. The zero-order chi connectivity index (χ0) is 21.5. The van der Waals surface area contributed by atoms with Crippen molar-refractivity contribution in [2.45, 2.75) is 25.8 Å². The highest BCUT2D eigenvalue weighted by Gasteiger charge is 2.26. The first kappa shape index (κ1) is 21.8. The van der Waals surface area contributed by atoms with Crippen LogP contribution in [0.2, 0.25) is 0 Å². The number of nitrogens with two attached hydrogens (primary N) is 1. The van der Waals surface area contributed by atoms with Crippen LogP contribution in [0.4, 0.5) is 11.5 Å². The first-order valence-corrected chi connectivity index (χ1v) is 10.2. The molecule has 1 fully saturated rings. The van der Waals surface area contributed by atoms with E-state index in [-0.39, 0.29) is 37.0 Å². The van der Waals surface area contributed by atoms with E-state index in [9.17, 15) is 14.4 Å². The van der Waals surface area contributed by atoms with Crippen molar-refractivity contribution < 1.29 is 9.53 Å². The number of carbonyl (C=O) groups excluding carboxylic acids is 1. The fourth-order valence-corrected chi connectivity index (χ4v) is 3.71. The van der Waals surface area contributed by atoms with Crippen LogP contribution in [-0.2, 0) is 16.1 Å². The van der Waals surface area contributed by atoms with Gasteiger partial charge >= 0.3 is 5.69 Å². The lowest BCUT2D eigenvalue weighted by molar-refractivity contribution is -0.119. The third-order valence-electron chi connectivity index (χ3n) is 5.26. The summed E-state index contributed by atoms with van der Waals surface area (Å²) in [6.45, 7) is 2.84. The number of amides is 1. The summed E-state index contributed by atoms with van der Waals surface area (Å²) in [6, 6.07) is 9.33. The maximum absolute atomic E-state index is 13.1. The van der Waals surface area contributed by atoms with E-state index in [2.05, 4.69) is 9.88 Å². The minimum atomic E-state index is -0.658. The van der Waals surface area contributed by atoms with Gasteiger partial charge in [-0.2, -0.15) is 0 Å². The molecule has 9 nitrogen and oxygen atoms in total. The molecule has 0 atom stereocenters. The molecule has 1 saturated heterocycles. The van der Waals surface area contributed by atoms with Crippen LogP contribution in [0.3, 0.4) is 0 Å². The van der Waals surface area contributed by atoms with Crippen molar-refractivity contribution in [2.75, 3.05) is 50.5 Å². The third-order valence-corrected chi connectivity index (χ3v) is 5.26. The van der Waals surface area contributed by atoms with E-state index in [1.54, 1.807) is 7.11 Å². The molecule has 0 spiro atoms. The standard InChI is InChI=1S/C21H29N5O4/c1-30-13-7-12-25(17(27)15-24-10-5-6-11-24)18-19(22)26(21(29)23-20(18)28)14-16-8-3-2-4-9-16/h2-4,8-9H,5-7,10-15,22H2,1H3,(H,23,28,29). The Balaban J connectivity index is 1.96. The molecule has 3 rings (SSSR count). The maximum Gasteiger partial charge on any atom is 0.330 e. The number of ether oxygens (including phenoxy) is 1. The van der Waals surface area contributed by atoms with Crippen molar-refractivity contribution in [3.8, 4) is 0 Å². The van der Waals surface area contributed by atoms with Crippen LogP contribution in [0, 0.1) is 0 Å². The number of nitrogens with zero attached hydrogens (tertiary/aromatic N) is 3. The average Bonchev–Trinajstić information content (AvgIpc) is 3.23. The van der Waals surface area contributed by atoms with E-state index in [1.807, 2.05) is 30.3 Å². The number of aromatic nitrogens is 2. The number of hydrogen-bond donors (Lipinski definition) is 2. The average molecular weight is 415 g/mol. The molecule has 30 heavy (non-hydrogen) atoms. The molecule has 1 aliphatic rings. The molecule has 1 aliphatic heterocycles. The van der Waals surface area contributed by atoms with Gasteiger partial charge in [0.25, 0.3) is 5.56 Å². The molecule has 0 aliphatic carbocycles. The van der Waals surface area contributed by atoms with Crippen molar-refractivity contribution >= 4 is 17.4 Å². The van der Waals surface area contributed by atoms with Gasteiger partial charge in [-0.3, -0.25) is 24.0 Å². The summed E-state index contributed by atoms with van der Waals surface area (Å²) < 4.78 is 6.39. The number of hydrogen-bond acceptors (Lipinski definition) is 6. The van der Waals surface area contributed by atoms with E-state index < -0.39 is 11.2 Å². The molecule has 1 amide bonds. The Morgan fingerprint density at radius 1 is 1.20 bits per heavy atom. The number of methoxy groups -OCH3 is 1. The van der Waals surface area contributed by atoms with Gasteiger partial charge in [-0.25, -0.2) is 4.79 Å². The Bertz CT molecular complexity index is 964. The molecular formula is C21H29N5O4. The molecule has 3 N–H and O–H groups in total. The lowest BCUT2D eigenvalue weighted by atomic mass is 10.2. The molecule has 0 saturated carbocycles. The number of anilines is 2. The van der Waals surface area contributed by atoms with Crippen LogP contribution in [-0.4, -0.2) is 60.3 Å². The van der Waals surface area contributed by atoms with Crippen LogP contribution < -0.4 is 21.9 Å². The first-order chi connectivity index (χ1) is 14.5. The number of carbonyl (C=O) groups is 1. The van der Waals surface area contributed by atoms with Gasteiger partial charge in [-0.15, -0.1) is 0 Å². The van der Waals surface area contributed by atoms with Gasteiger partial charge in [0.1, 0.15) is 5.82 Å². The van der Waals surface area contributed by atoms with Gasteiger partial charge in [0.15, 0.2) is 5.69 Å². The molecule has 0 unspecified atom stereocenters. The first-order valence-electron chi connectivity index (χ1n) is 10.2. The topological polar surface area (TPSA) is 114 Å². The quantitative estimate of drug-likeness (QED) is 0.581. The van der Waals surface area contributed by atoms with Gasteiger partial charge in [-0.05, 0) is 37.9 Å². The van der Waals surface area contributed by atoms with Gasteiger partial charge in [-0.1, -0.05) is 30.3 Å². The lowest BCUT2D eigenvalue weighted by Gasteiger charge is -2.26. The fourth-order valence-electron chi connectivity index (χ4n) is 3.71. The SMILES string of the molecule is COCCCN(C(=O)CN1CCCC1)c1c(N)n(Cc2ccccc2)c(=O)[nH]c1=O. The smallest absolute Gasteiger partial charge is 0.330 e. The second kappa shape index (κ2) is 10.2. The normalized spacial score (nSPS) is 14.2. The summed E-state index contributed by atoms with van der Waals surface area (Å²) in [5.74, 6) is -0.227.